The first-order chi connectivity index (χ1) is 11.4. The summed E-state index contributed by atoms with van der Waals surface area (Å²) in [6.07, 6.45) is 2.58. The number of benzene rings is 1. The summed E-state index contributed by atoms with van der Waals surface area (Å²) in [6, 6.07) is 5.45. The van der Waals surface area contributed by atoms with Gasteiger partial charge in [0.1, 0.15) is 5.82 Å². The summed E-state index contributed by atoms with van der Waals surface area (Å²) in [4.78, 5) is 6.75. The van der Waals surface area contributed by atoms with E-state index in [2.05, 4.69) is 10.3 Å². The molecule has 3 rings (SSSR count). The van der Waals surface area contributed by atoms with Gasteiger partial charge in [-0.15, -0.1) is 0 Å². The highest BCUT2D eigenvalue weighted by Crippen LogP contribution is 2.32. The third-order valence-electron chi connectivity index (χ3n) is 4.38. The van der Waals surface area contributed by atoms with E-state index < -0.39 is 10.0 Å². The fraction of sp³-hybridized carbons (Fsp3) is 0.471. The van der Waals surface area contributed by atoms with Crippen molar-refractivity contribution in [2.45, 2.75) is 18.2 Å². The van der Waals surface area contributed by atoms with E-state index in [1.54, 1.807) is 22.6 Å². The summed E-state index contributed by atoms with van der Waals surface area (Å²) in [5.74, 6) is 0.783. The van der Waals surface area contributed by atoms with Gasteiger partial charge in [-0.2, -0.15) is 4.31 Å². The lowest BCUT2D eigenvalue weighted by atomic mass is 10.1. The number of aromatic nitrogens is 1. The van der Waals surface area contributed by atoms with Gasteiger partial charge < -0.3 is 10.2 Å². The standard InChI is InChI=1S/C17H24N4O2S/c1-13-12-19-17(20(2)3)14-6-4-7-15(16(13)14)24(22,23)21-10-5-8-18-9-11-21/h4,6-7,12,18H,5,8-11H2,1-3H3. The number of anilines is 1. The molecular weight excluding hydrogens is 324 g/mol. The number of sulfonamides is 1. The molecule has 0 spiro atoms. The van der Waals surface area contributed by atoms with Crippen molar-refractivity contribution in [3.8, 4) is 0 Å². The second kappa shape index (κ2) is 6.66. The van der Waals surface area contributed by atoms with Crippen LogP contribution in [0.1, 0.15) is 12.0 Å². The maximum Gasteiger partial charge on any atom is 0.243 e. The quantitative estimate of drug-likeness (QED) is 0.913. The predicted octanol–water partition coefficient (Wildman–Crippen LogP) is 1.59. The van der Waals surface area contributed by atoms with E-state index in [-0.39, 0.29) is 0 Å². The number of nitrogens with one attached hydrogen (secondary N) is 1. The topological polar surface area (TPSA) is 65.5 Å². The molecule has 0 unspecified atom stereocenters. The molecule has 1 N–H and O–H groups in total. The van der Waals surface area contributed by atoms with Crippen molar-refractivity contribution in [3.63, 3.8) is 0 Å². The van der Waals surface area contributed by atoms with Crippen LogP contribution in [-0.4, -0.2) is 58.0 Å². The zero-order chi connectivity index (χ0) is 17.3. The zero-order valence-electron chi connectivity index (χ0n) is 14.4. The molecule has 1 aromatic heterocycles. The Morgan fingerprint density at radius 2 is 2.00 bits per heavy atom. The number of pyridine rings is 1. The number of hydrogen-bond donors (Lipinski definition) is 1. The molecular formula is C17H24N4O2S. The molecule has 0 bridgehead atoms. The molecule has 1 saturated heterocycles. The first-order valence-corrected chi connectivity index (χ1v) is 9.63. The van der Waals surface area contributed by atoms with Crippen molar-refractivity contribution in [2.24, 2.45) is 0 Å². The second-order valence-electron chi connectivity index (χ2n) is 6.35. The highest BCUT2D eigenvalue weighted by Gasteiger charge is 2.28. The summed E-state index contributed by atoms with van der Waals surface area (Å²) in [5.41, 5.74) is 0.878. The molecule has 2 heterocycles. The van der Waals surface area contributed by atoms with Crippen LogP contribution in [0.5, 0.6) is 0 Å². The molecule has 0 amide bonds. The average Bonchev–Trinajstić information content (AvgIpc) is 2.84. The first kappa shape index (κ1) is 17.1. The Balaban J connectivity index is 2.20. The fourth-order valence-electron chi connectivity index (χ4n) is 3.19. The van der Waals surface area contributed by atoms with Crippen LogP contribution in [0.25, 0.3) is 10.8 Å². The number of rotatable bonds is 3. The molecule has 0 radical (unpaired) electrons. The van der Waals surface area contributed by atoms with E-state index in [0.29, 0.717) is 24.5 Å². The first-order valence-electron chi connectivity index (χ1n) is 8.19. The average molecular weight is 348 g/mol. The van der Waals surface area contributed by atoms with Crippen LogP contribution in [0.4, 0.5) is 5.82 Å². The molecule has 1 aliphatic heterocycles. The van der Waals surface area contributed by atoms with Crippen LogP contribution in [0.2, 0.25) is 0 Å². The minimum Gasteiger partial charge on any atom is -0.362 e. The van der Waals surface area contributed by atoms with E-state index in [4.69, 9.17) is 0 Å². The summed E-state index contributed by atoms with van der Waals surface area (Å²) in [7, 11) is 0.301. The van der Waals surface area contributed by atoms with Gasteiger partial charge in [-0.25, -0.2) is 13.4 Å². The van der Waals surface area contributed by atoms with E-state index >= 15 is 0 Å². The molecule has 0 atom stereocenters. The van der Waals surface area contributed by atoms with Crippen molar-refractivity contribution < 1.29 is 8.42 Å². The van der Waals surface area contributed by atoms with Crippen molar-refractivity contribution in [1.82, 2.24) is 14.6 Å². The number of fused-ring (bicyclic) bond motifs is 1. The Hall–Kier alpha value is -1.70. The van der Waals surface area contributed by atoms with Crippen LogP contribution >= 0.6 is 0 Å². The van der Waals surface area contributed by atoms with Crippen LogP contribution in [-0.2, 0) is 10.0 Å². The highest BCUT2D eigenvalue weighted by molar-refractivity contribution is 7.89. The maximum absolute atomic E-state index is 13.3. The van der Waals surface area contributed by atoms with Gasteiger partial charge >= 0.3 is 0 Å². The molecule has 1 fully saturated rings. The SMILES string of the molecule is Cc1cnc(N(C)C)c2cccc(S(=O)(=O)N3CCCNCC3)c12. The molecule has 1 aliphatic rings. The van der Waals surface area contributed by atoms with Crippen molar-refractivity contribution in [3.05, 3.63) is 30.0 Å². The number of nitrogens with zero attached hydrogens (tertiary/aromatic N) is 3. The van der Waals surface area contributed by atoms with E-state index in [9.17, 15) is 8.42 Å². The lowest BCUT2D eigenvalue weighted by Gasteiger charge is -2.22. The monoisotopic (exact) mass is 348 g/mol. The van der Waals surface area contributed by atoms with Crippen LogP contribution < -0.4 is 10.2 Å². The molecule has 2 aromatic rings. The maximum atomic E-state index is 13.3. The summed E-state index contributed by atoms with van der Waals surface area (Å²) < 4.78 is 28.1. The van der Waals surface area contributed by atoms with Crippen LogP contribution in [0, 0.1) is 6.92 Å². The summed E-state index contributed by atoms with van der Waals surface area (Å²) >= 11 is 0. The van der Waals surface area contributed by atoms with Gasteiger partial charge in [-0.3, -0.25) is 0 Å². The van der Waals surface area contributed by atoms with Gasteiger partial charge in [0.25, 0.3) is 0 Å². The Bertz CT molecular complexity index is 841. The van der Waals surface area contributed by atoms with Crippen molar-refractivity contribution in [1.29, 1.82) is 0 Å². The third-order valence-corrected chi connectivity index (χ3v) is 6.32. The minimum atomic E-state index is -3.53. The van der Waals surface area contributed by atoms with Crippen molar-refractivity contribution >= 4 is 26.6 Å². The lowest BCUT2D eigenvalue weighted by molar-refractivity contribution is 0.432. The minimum absolute atomic E-state index is 0.380. The predicted molar refractivity (Wildman–Crippen MR) is 97.1 cm³/mol. The third kappa shape index (κ3) is 2.99. The lowest BCUT2D eigenvalue weighted by Crippen LogP contribution is -2.34. The van der Waals surface area contributed by atoms with Gasteiger partial charge in [0.05, 0.1) is 4.90 Å². The van der Waals surface area contributed by atoms with Gasteiger partial charge in [0, 0.05) is 50.7 Å². The Kier molecular flexibility index (Phi) is 4.76. The molecule has 6 nitrogen and oxygen atoms in total. The number of hydrogen-bond acceptors (Lipinski definition) is 5. The van der Waals surface area contributed by atoms with E-state index in [1.807, 2.05) is 32.0 Å². The summed E-state index contributed by atoms with van der Waals surface area (Å²) in [5, 5.41) is 4.89. The van der Waals surface area contributed by atoms with Crippen LogP contribution in [0.3, 0.4) is 0 Å². The molecule has 24 heavy (non-hydrogen) atoms. The van der Waals surface area contributed by atoms with Gasteiger partial charge in [-0.05, 0) is 31.5 Å². The molecule has 7 heteroatoms. The highest BCUT2D eigenvalue weighted by atomic mass is 32.2. The Morgan fingerprint density at radius 3 is 2.75 bits per heavy atom. The smallest absolute Gasteiger partial charge is 0.243 e. The number of aryl methyl sites for hydroxylation is 1. The Labute approximate surface area is 143 Å². The largest absolute Gasteiger partial charge is 0.362 e. The fourth-order valence-corrected chi connectivity index (χ4v) is 4.95. The molecule has 0 aliphatic carbocycles. The van der Waals surface area contributed by atoms with E-state index in [0.717, 1.165) is 35.1 Å². The molecule has 0 saturated carbocycles. The van der Waals surface area contributed by atoms with Crippen molar-refractivity contribution in [2.75, 3.05) is 45.2 Å². The van der Waals surface area contributed by atoms with Gasteiger partial charge in [0.15, 0.2) is 0 Å². The second-order valence-corrected chi connectivity index (χ2v) is 8.25. The van der Waals surface area contributed by atoms with Gasteiger partial charge in [-0.1, -0.05) is 12.1 Å². The summed E-state index contributed by atoms with van der Waals surface area (Å²) in [6.45, 7) is 4.51. The zero-order valence-corrected chi connectivity index (χ0v) is 15.2. The Morgan fingerprint density at radius 1 is 1.21 bits per heavy atom. The van der Waals surface area contributed by atoms with Gasteiger partial charge in [0.2, 0.25) is 10.0 Å². The van der Waals surface area contributed by atoms with E-state index in [1.165, 1.54) is 0 Å². The van der Waals surface area contributed by atoms with Crippen LogP contribution in [0.15, 0.2) is 29.3 Å². The molecule has 1 aromatic carbocycles. The molecule has 130 valence electrons. The normalized spacial score (nSPS) is 17.0.